The Morgan fingerprint density at radius 1 is 1.20 bits per heavy atom. The Hall–Kier alpha value is -0.226. The van der Waals surface area contributed by atoms with Gasteiger partial charge >= 0.3 is 18.9 Å². The fraction of sp³-hybridized carbons (Fsp3) is 0.385. The smallest absolute Gasteiger partial charge is 0.0791 e. The summed E-state index contributed by atoms with van der Waals surface area (Å²) in [5.41, 5.74) is 3.91. The van der Waals surface area contributed by atoms with Crippen molar-refractivity contribution < 1.29 is 18.9 Å². The SMILES string of the molecule is C[Si]1(C2C=Cc3ccccc32)CCC1.[Li+]. The molecule has 1 unspecified atom stereocenters. The molecule has 1 aliphatic carbocycles. The van der Waals surface area contributed by atoms with Gasteiger partial charge in [-0.05, 0) is 16.7 Å². The standard InChI is InChI=1S/C13H16Si.Li/c1-14(9-4-10-14)13-8-7-11-5-2-3-6-12(11)13;/h2-3,5-8,13H,4,9-10H2,1H3;/q;+1. The molecule has 72 valence electrons. The summed E-state index contributed by atoms with van der Waals surface area (Å²) in [6.07, 6.45) is 6.28. The van der Waals surface area contributed by atoms with E-state index in [1.807, 2.05) is 0 Å². The predicted octanol–water partition coefficient (Wildman–Crippen LogP) is 0.822. The maximum atomic E-state index is 2.58. The summed E-state index contributed by atoms with van der Waals surface area (Å²) in [5.74, 6) is 0. The van der Waals surface area contributed by atoms with Crippen LogP contribution in [0.1, 0.15) is 23.1 Å². The number of rotatable bonds is 1. The minimum Gasteiger partial charge on any atom is -0.0791 e. The van der Waals surface area contributed by atoms with E-state index in [0.717, 1.165) is 5.54 Å². The molecule has 0 amide bonds. The van der Waals surface area contributed by atoms with Gasteiger partial charge in [-0.1, -0.05) is 61.5 Å². The Bertz CT molecular complexity index is 393. The van der Waals surface area contributed by atoms with E-state index < -0.39 is 8.07 Å². The molecule has 0 aromatic heterocycles. The zero-order valence-electron chi connectivity index (χ0n) is 9.66. The molecule has 0 bridgehead atoms. The maximum Gasteiger partial charge on any atom is 1.00 e. The number of allylic oxidation sites excluding steroid dienone is 1. The average molecular weight is 207 g/mol. The minimum absolute atomic E-state index is 0. The van der Waals surface area contributed by atoms with E-state index in [2.05, 4.69) is 43.0 Å². The zero-order chi connectivity index (χ0) is 9.60. The van der Waals surface area contributed by atoms with Crippen LogP contribution in [0.2, 0.25) is 18.6 Å². The van der Waals surface area contributed by atoms with Gasteiger partial charge in [0.1, 0.15) is 0 Å². The van der Waals surface area contributed by atoms with Crippen LogP contribution in [0.15, 0.2) is 30.3 Å². The molecule has 1 aromatic rings. The number of benzene rings is 1. The Kier molecular flexibility index (Phi) is 2.99. The molecule has 1 saturated heterocycles. The van der Waals surface area contributed by atoms with Crippen molar-refractivity contribution in [2.24, 2.45) is 0 Å². The first-order valence-corrected chi connectivity index (χ1v) is 8.56. The first-order valence-electron chi connectivity index (χ1n) is 5.57. The van der Waals surface area contributed by atoms with E-state index in [0.29, 0.717) is 0 Å². The monoisotopic (exact) mass is 207 g/mol. The van der Waals surface area contributed by atoms with Gasteiger partial charge in [-0.15, -0.1) is 0 Å². The van der Waals surface area contributed by atoms with Crippen LogP contribution in [0.5, 0.6) is 0 Å². The van der Waals surface area contributed by atoms with Gasteiger partial charge in [-0.3, -0.25) is 0 Å². The van der Waals surface area contributed by atoms with E-state index in [9.17, 15) is 0 Å². The first-order chi connectivity index (χ1) is 6.80. The number of hydrogen-bond donors (Lipinski definition) is 0. The normalized spacial score (nSPS) is 25.3. The molecule has 0 nitrogen and oxygen atoms in total. The van der Waals surface area contributed by atoms with Crippen LogP contribution in [0.3, 0.4) is 0 Å². The van der Waals surface area contributed by atoms with Crippen molar-refractivity contribution in [3.05, 3.63) is 41.5 Å². The van der Waals surface area contributed by atoms with Crippen LogP contribution in [0, 0.1) is 0 Å². The molecule has 3 rings (SSSR count). The summed E-state index contributed by atoms with van der Waals surface area (Å²) in [7, 11) is -0.902. The van der Waals surface area contributed by atoms with Crippen LogP contribution >= 0.6 is 0 Å². The second kappa shape index (κ2) is 3.98. The fourth-order valence-electron chi connectivity index (χ4n) is 2.90. The van der Waals surface area contributed by atoms with Crippen LogP contribution in [0.4, 0.5) is 0 Å². The van der Waals surface area contributed by atoms with Crippen molar-refractivity contribution >= 4 is 14.1 Å². The number of hydrogen-bond acceptors (Lipinski definition) is 0. The van der Waals surface area contributed by atoms with Gasteiger partial charge in [-0.2, -0.15) is 0 Å². The molecule has 2 heteroatoms. The third-order valence-electron chi connectivity index (χ3n) is 4.05. The fourth-order valence-corrected chi connectivity index (χ4v) is 6.57. The van der Waals surface area contributed by atoms with Crippen molar-refractivity contribution in [3.8, 4) is 0 Å². The van der Waals surface area contributed by atoms with Crippen molar-refractivity contribution in [2.45, 2.75) is 30.6 Å². The van der Waals surface area contributed by atoms with Gasteiger partial charge < -0.3 is 0 Å². The summed E-state index contributed by atoms with van der Waals surface area (Å²) in [6.45, 7) is 2.58. The third-order valence-corrected chi connectivity index (χ3v) is 9.04. The molecule has 15 heavy (non-hydrogen) atoms. The number of fused-ring (bicyclic) bond motifs is 1. The van der Waals surface area contributed by atoms with Gasteiger partial charge in [0.05, 0.1) is 8.07 Å². The largest absolute Gasteiger partial charge is 1.00 e. The molecule has 1 aliphatic heterocycles. The molecular weight excluding hydrogens is 191 g/mol. The molecule has 1 fully saturated rings. The summed E-state index contributed by atoms with van der Waals surface area (Å²) in [6, 6.07) is 12.0. The third kappa shape index (κ3) is 1.67. The van der Waals surface area contributed by atoms with Gasteiger partial charge in [0, 0.05) is 0 Å². The Morgan fingerprint density at radius 3 is 2.60 bits per heavy atom. The van der Waals surface area contributed by atoms with Gasteiger partial charge in [0.25, 0.3) is 0 Å². The molecule has 0 radical (unpaired) electrons. The predicted molar refractivity (Wildman–Crippen MR) is 64.1 cm³/mol. The van der Waals surface area contributed by atoms with Crippen molar-refractivity contribution in [1.29, 1.82) is 0 Å². The molecule has 0 saturated carbocycles. The first kappa shape index (κ1) is 11.3. The van der Waals surface area contributed by atoms with E-state index in [4.69, 9.17) is 0 Å². The molecule has 1 aromatic carbocycles. The Morgan fingerprint density at radius 2 is 1.93 bits per heavy atom. The molecule has 0 N–H and O–H groups in total. The van der Waals surface area contributed by atoms with Crippen LogP contribution in [-0.2, 0) is 0 Å². The van der Waals surface area contributed by atoms with E-state index in [1.165, 1.54) is 24.1 Å². The van der Waals surface area contributed by atoms with Gasteiger partial charge in [-0.25, -0.2) is 0 Å². The molecule has 1 heterocycles. The van der Waals surface area contributed by atoms with Crippen LogP contribution in [-0.4, -0.2) is 8.07 Å². The summed E-state index contributed by atoms with van der Waals surface area (Å²) < 4.78 is 0. The van der Waals surface area contributed by atoms with E-state index >= 15 is 0 Å². The maximum absolute atomic E-state index is 2.58. The second-order valence-electron chi connectivity index (χ2n) is 4.97. The Labute approximate surface area is 105 Å². The topological polar surface area (TPSA) is 0 Å². The quantitative estimate of drug-likeness (QED) is 0.598. The van der Waals surface area contributed by atoms with Crippen LogP contribution < -0.4 is 18.9 Å². The molecular formula is C13H16LiSi+. The average Bonchev–Trinajstić information content (AvgIpc) is 2.58. The van der Waals surface area contributed by atoms with Crippen molar-refractivity contribution in [2.75, 3.05) is 0 Å². The van der Waals surface area contributed by atoms with E-state index in [-0.39, 0.29) is 18.9 Å². The summed E-state index contributed by atoms with van der Waals surface area (Å²) in [5, 5.41) is 0. The summed E-state index contributed by atoms with van der Waals surface area (Å²) in [4.78, 5) is 0. The van der Waals surface area contributed by atoms with Crippen molar-refractivity contribution in [3.63, 3.8) is 0 Å². The van der Waals surface area contributed by atoms with E-state index in [1.54, 1.807) is 5.56 Å². The minimum atomic E-state index is -0.902. The molecule has 2 aliphatic rings. The zero-order valence-corrected chi connectivity index (χ0v) is 10.7. The Balaban J connectivity index is 0.000000853. The van der Waals surface area contributed by atoms with Crippen molar-refractivity contribution in [1.82, 2.24) is 0 Å². The molecule has 0 spiro atoms. The summed E-state index contributed by atoms with van der Waals surface area (Å²) >= 11 is 0. The second-order valence-corrected chi connectivity index (χ2v) is 9.90. The van der Waals surface area contributed by atoms with Gasteiger partial charge in [0.15, 0.2) is 0 Å². The molecule has 1 atom stereocenters. The van der Waals surface area contributed by atoms with Gasteiger partial charge in [0.2, 0.25) is 0 Å². The van der Waals surface area contributed by atoms with Crippen LogP contribution in [0.25, 0.3) is 6.08 Å².